The van der Waals surface area contributed by atoms with E-state index in [0.29, 0.717) is 6.42 Å². The number of carboxylic acid groups (broad SMARTS) is 1. The highest BCUT2D eigenvalue weighted by atomic mass is 16.4. The van der Waals surface area contributed by atoms with Gasteiger partial charge in [-0.3, -0.25) is 24.6 Å². The zero-order valence-corrected chi connectivity index (χ0v) is 9.61. The van der Waals surface area contributed by atoms with Crippen LogP contribution in [0.1, 0.15) is 26.7 Å². The van der Waals surface area contributed by atoms with Gasteiger partial charge in [-0.05, 0) is 13.3 Å². The molecule has 0 saturated carbocycles. The lowest BCUT2D eigenvalue weighted by Gasteiger charge is -2.27. The molecule has 90 valence electrons. The third kappa shape index (κ3) is 2.06. The molecular formula is C10H16N2O4. The minimum absolute atomic E-state index is 0.0260. The molecule has 2 atom stereocenters. The first-order chi connectivity index (χ1) is 7.31. The van der Waals surface area contributed by atoms with Gasteiger partial charge >= 0.3 is 5.97 Å². The molecule has 0 bridgehead atoms. The lowest BCUT2D eigenvalue weighted by atomic mass is 9.97. The molecule has 0 aromatic rings. The number of amides is 2. The van der Waals surface area contributed by atoms with Crippen molar-refractivity contribution in [2.24, 2.45) is 0 Å². The van der Waals surface area contributed by atoms with E-state index in [4.69, 9.17) is 5.11 Å². The van der Waals surface area contributed by atoms with Crippen molar-refractivity contribution in [2.75, 3.05) is 7.05 Å². The van der Waals surface area contributed by atoms with E-state index in [1.165, 1.54) is 14.0 Å². The average molecular weight is 228 g/mol. The smallest absolute Gasteiger partial charge is 0.323 e. The van der Waals surface area contributed by atoms with Crippen LogP contribution in [-0.2, 0) is 14.4 Å². The Morgan fingerprint density at radius 1 is 1.62 bits per heavy atom. The van der Waals surface area contributed by atoms with Crippen molar-refractivity contribution in [1.82, 2.24) is 10.2 Å². The molecule has 1 saturated heterocycles. The minimum Gasteiger partial charge on any atom is -0.480 e. The molecule has 2 unspecified atom stereocenters. The average Bonchev–Trinajstić information content (AvgIpc) is 2.46. The van der Waals surface area contributed by atoms with Crippen LogP contribution in [0.25, 0.3) is 0 Å². The Morgan fingerprint density at radius 3 is 2.50 bits per heavy atom. The van der Waals surface area contributed by atoms with Gasteiger partial charge in [0.15, 0.2) is 0 Å². The van der Waals surface area contributed by atoms with Gasteiger partial charge in [0.2, 0.25) is 11.8 Å². The molecule has 6 nitrogen and oxygen atoms in total. The first-order valence-corrected chi connectivity index (χ1v) is 5.13. The summed E-state index contributed by atoms with van der Waals surface area (Å²) in [5, 5.41) is 11.8. The standard InChI is InChI=1S/C10H16N2O4/c1-4-10(2,9(15)16)11-6-5-7(13)12(3)8(6)14/h6,11H,4-5H2,1-3H3,(H,15,16). The maximum atomic E-state index is 11.6. The first-order valence-electron chi connectivity index (χ1n) is 5.13. The Balaban J connectivity index is 2.79. The second-order valence-corrected chi connectivity index (χ2v) is 4.18. The summed E-state index contributed by atoms with van der Waals surface area (Å²) in [5.74, 6) is -1.68. The van der Waals surface area contributed by atoms with E-state index < -0.39 is 17.6 Å². The van der Waals surface area contributed by atoms with E-state index in [2.05, 4.69) is 5.32 Å². The lowest BCUT2D eigenvalue weighted by molar-refractivity contribution is -0.145. The number of carbonyl (C=O) groups excluding carboxylic acids is 2. The summed E-state index contributed by atoms with van der Waals surface area (Å²) in [4.78, 5) is 34.9. The highest BCUT2D eigenvalue weighted by Gasteiger charge is 2.42. The van der Waals surface area contributed by atoms with Gasteiger partial charge in [0.05, 0.1) is 12.5 Å². The van der Waals surface area contributed by atoms with E-state index >= 15 is 0 Å². The van der Waals surface area contributed by atoms with Crippen molar-refractivity contribution in [3.63, 3.8) is 0 Å². The number of carbonyl (C=O) groups is 3. The van der Waals surface area contributed by atoms with Crippen LogP contribution in [0.4, 0.5) is 0 Å². The largest absolute Gasteiger partial charge is 0.480 e. The van der Waals surface area contributed by atoms with Gasteiger partial charge in [-0.25, -0.2) is 0 Å². The summed E-state index contributed by atoms with van der Waals surface area (Å²) in [5.41, 5.74) is -1.17. The normalized spacial score (nSPS) is 24.7. The predicted octanol–water partition coefficient (Wildman–Crippen LogP) is -0.413. The van der Waals surface area contributed by atoms with Crippen molar-refractivity contribution in [1.29, 1.82) is 0 Å². The number of rotatable bonds is 4. The molecule has 2 N–H and O–H groups in total. The minimum atomic E-state index is -1.17. The number of hydrogen-bond acceptors (Lipinski definition) is 4. The molecule has 0 aromatic carbocycles. The Hall–Kier alpha value is -1.43. The van der Waals surface area contributed by atoms with Crippen LogP contribution < -0.4 is 5.32 Å². The predicted molar refractivity (Wildman–Crippen MR) is 55.6 cm³/mol. The van der Waals surface area contributed by atoms with Gasteiger partial charge in [0, 0.05) is 7.05 Å². The molecule has 1 fully saturated rings. The second-order valence-electron chi connectivity index (χ2n) is 4.18. The summed E-state index contributed by atoms with van der Waals surface area (Å²) in [7, 11) is 1.40. The van der Waals surface area contributed by atoms with Crippen LogP contribution in [0.5, 0.6) is 0 Å². The number of nitrogens with one attached hydrogen (secondary N) is 1. The highest BCUT2D eigenvalue weighted by molar-refractivity contribution is 6.05. The number of imide groups is 1. The summed E-state index contributed by atoms with van der Waals surface area (Å²) in [6, 6.07) is -0.724. The SMILES string of the molecule is CCC(C)(NC1CC(=O)N(C)C1=O)C(=O)O. The fourth-order valence-corrected chi connectivity index (χ4v) is 1.57. The molecule has 0 spiro atoms. The third-order valence-electron chi connectivity index (χ3n) is 3.05. The van der Waals surface area contributed by atoms with Crippen LogP contribution in [0.15, 0.2) is 0 Å². The van der Waals surface area contributed by atoms with Gasteiger partial charge in [0.25, 0.3) is 0 Å². The lowest BCUT2D eigenvalue weighted by Crippen LogP contribution is -2.55. The zero-order valence-electron chi connectivity index (χ0n) is 9.61. The topological polar surface area (TPSA) is 86.7 Å². The first kappa shape index (κ1) is 12.6. The van der Waals surface area contributed by atoms with Gasteiger partial charge in [-0.15, -0.1) is 0 Å². The number of likely N-dealkylation sites (N-methyl/N-ethyl adjacent to an activating group) is 1. The molecule has 0 radical (unpaired) electrons. The van der Waals surface area contributed by atoms with Gasteiger partial charge in [-0.2, -0.15) is 0 Å². The Kier molecular flexibility index (Phi) is 3.32. The summed E-state index contributed by atoms with van der Waals surface area (Å²) in [6.45, 7) is 3.22. The number of likely N-dealkylation sites (tertiary alicyclic amines) is 1. The molecule has 1 heterocycles. The van der Waals surface area contributed by atoms with Crippen molar-refractivity contribution >= 4 is 17.8 Å². The fraction of sp³-hybridized carbons (Fsp3) is 0.700. The molecule has 16 heavy (non-hydrogen) atoms. The van der Waals surface area contributed by atoms with Gasteiger partial charge < -0.3 is 5.11 Å². The summed E-state index contributed by atoms with van der Waals surface area (Å²) >= 11 is 0. The van der Waals surface area contributed by atoms with E-state index in [1.807, 2.05) is 0 Å². The Bertz CT molecular complexity index is 342. The molecule has 0 aliphatic carbocycles. The molecule has 0 aromatic heterocycles. The maximum Gasteiger partial charge on any atom is 0.323 e. The maximum absolute atomic E-state index is 11.6. The van der Waals surface area contributed by atoms with E-state index in [9.17, 15) is 14.4 Å². The van der Waals surface area contributed by atoms with Crippen LogP contribution in [-0.4, -0.2) is 46.4 Å². The zero-order chi connectivity index (χ0) is 12.5. The van der Waals surface area contributed by atoms with E-state index in [1.54, 1.807) is 6.92 Å². The molecule has 6 heteroatoms. The van der Waals surface area contributed by atoms with Crippen LogP contribution in [0, 0.1) is 0 Å². The monoisotopic (exact) mass is 228 g/mol. The fourth-order valence-electron chi connectivity index (χ4n) is 1.57. The van der Waals surface area contributed by atoms with Crippen LogP contribution >= 0.6 is 0 Å². The van der Waals surface area contributed by atoms with Gasteiger partial charge in [0.1, 0.15) is 5.54 Å². The Labute approximate surface area is 93.6 Å². The second kappa shape index (κ2) is 4.21. The van der Waals surface area contributed by atoms with Crippen molar-refractivity contribution in [2.45, 2.75) is 38.3 Å². The number of nitrogens with zero attached hydrogens (tertiary/aromatic N) is 1. The summed E-state index contributed by atoms with van der Waals surface area (Å²) in [6.07, 6.45) is 0.363. The van der Waals surface area contributed by atoms with E-state index in [0.717, 1.165) is 4.90 Å². The number of aliphatic carboxylic acids is 1. The third-order valence-corrected chi connectivity index (χ3v) is 3.05. The number of hydrogen-bond donors (Lipinski definition) is 2. The van der Waals surface area contributed by atoms with Gasteiger partial charge in [-0.1, -0.05) is 6.92 Å². The highest BCUT2D eigenvalue weighted by Crippen LogP contribution is 2.17. The van der Waals surface area contributed by atoms with E-state index in [-0.39, 0.29) is 18.2 Å². The van der Waals surface area contributed by atoms with Crippen molar-refractivity contribution < 1.29 is 19.5 Å². The quantitative estimate of drug-likeness (QED) is 0.638. The van der Waals surface area contributed by atoms with Crippen LogP contribution in [0.3, 0.4) is 0 Å². The van der Waals surface area contributed by atoms with Crippen molar-refractivity contribution in [3.05, 3.63) is 0 Å². The molecule has 2 amide bonds. The molecule has 1 aliphatic rings. The molecular weight excluding hydrogens is 212 g/mol. The van der Waals surface area contributed by atoms with Crippen molar-refractivity contribution in [3.8, 4) is 0 Å². The van der Waals surface area contributed by atoms with Crippen LogP contribution in [0.2, 0.25) is 0 Å². The molecule has 1 aliphatic heterocycles. The number of carboxylic acids is 1. The Morgan fingerprint density at radius 2 is 2.19 bits per heavy atom. The summed E-state index contributed by atoms with van der Waals surface area (Å²) < 4.78 is 0. The molecule has 1 rings (SSSR count).